The first-order chi connectivity index (χ1) is 18.3. The van der Waals surface area contributed by atoms with Crippen molar-refractivity contribution in [2.24, 2.45) is 0 Å². The number of amides is 1. The van der Waals surface area contributed by atoms with Crippen LogP contribution in [0.4, 0.5) is 5.13 Å². The Kier molecular flexibility index (Phi) is 6.06. The number of aliphatic hydroxyl groups is 1. The number of ketones is 1. The van der Waals surface area contributed by atoms with Gasteiger partial charge in [-0.15, -0.1) is 11.3 Å². The number of anilines is 1. The maximum Gasteiger partial charge on any atom is 0.296 e. The van der Waals surface area contributed by atoms with E-state index in [2.05, 4.69) is 15.0 Å². The number of carbonyl (C=O) groups is 2. The minimum absolute atomic E-state index is 0.0477. The van der Waals surface area contributed by atoms with E-state index in [4.69, 9.17) is 11.6 Å². The molecule has 0 fully saturated rings. The van der Waals surface area contributed by atoms with E-state index >= 15 is 0 Å². The summed E-state index contributed by atoms with van der Waals surface area (Å²) in [4.78, 5) is 42.9. The van der Waals surface area contributed by atoms with Gasteiger partial charge in [-0.3, -0.25) is 19.5 Å². The Balaban J connectivity index is 1.48. The lowest BCUT2D eigenvalue weighted by molar-refractivity contribution is -0.117. The van der Waals surface area contributed by atoms with Gasteiger partial charge in [-0.05, 0) is 43.7 Å². The number of aromatic nitrogens is 3. The van der Waals surface area contributed by atoms with E-state index in [1.807, 2.05) is 43.3 Å². The van der Waals surface area contributed by atoms with Gasteiger partial charge in [0.15, 0.2) is 10.9 Å². The number of aliphatic hydroxyl groups excluding tert-OH is 1. The van der Waals surface area contributed by atoms with Gasteiger partial charge in [-0.2, -0.15) is 0 Å². The molecule has 1 amide bonds. The molecule has 2 aromatic carbocycles. The van der Waals surface area contributed by atoms with Crippen molar-refractivity contribution in [1.82, 2.24) is 15.0 Å². The molecule has 0 spiro atoms. The molecule has 1 N–H and O–H groups in total. The first-order valence-electron chi connectivity index (χ1n) is 11.7. The van der Waals surface area contributed by atoms with Crippen LogP contribution in [0.15, 0.2) is 78.2 Å². The molecule has 6 rings (SSSR count). The number of thiazole rings is 2. The number of hydrogen-bond acceptors (Lipinski definition) is 8. The predicted molar refractivity (Wildman–Crippen MR) is 150 cm³/mol. The normalized spacial score (nSPS) is 15.6. The van der Waals surface area contributed by atoms with Crippen LogP contribution in [0.1, 0.15) is 32.7 Å². The number of benzene rings is 2. The molecule has 5 aromatic rings. The maximum atomic E-state index is 14.0. The molecule has 0 bridgehead atoms. The topological polar surface area (TPSA) is 96.3 Å². The molecular weight excluding hydrogens is 540 g/mol. The van der Waals surface area contributed by atoms with Crippen molar-refractivity contribution in [3.63, 3.8) is 0 Å². The van der Waals surface area contributed by atoms with Crippen molar-refractivity contribution in [3.05, 3.63) is 105 Å². The van der Waals surface area contributed by atoms with E-state index in [1.54, 1.807) is 37.4 Å². The summed E-state index contributed by atoms with van der Waals surface area (Å²) in [6.07, 6.45) is 1.59. The fourth-order valence-corrected chi connectivity index (χ4v) is 6.68. The summed E-state index contributed by atoms with van der Waals surface area (Å²) in [6, 6.07) is 17.5. The lowest BCUT2D eigenvalue weighted by Crippen LogP contribution is -2.31. The predicted octanol–water partition coefficient (Wildman–Crippen LogP) is 6.87. The third kappa shape index (κ3) is 3.99. The quantitative estimate of drug-likeness (QED) is 0.236. The van der Waals surface area contributed by atoms with Crippen LogP contribution in [0.25, 0.3) is 20.8 Å². The van der Waals surface area contributed by atoms with E-state index in [0.717, 1.165) is 15.8 Å². The van der Waals surface area contributed by atoms with Gasteiger partial charge in [0.05, 0.1) is 32.1 Å². The summed E-state index contributed by atoms with van der Waals surface area (Å²) in [7, 11) is 0. The Morgan fingerprint density at radius 1 is 1.03 bits per heavy atom. The van der Waals surface area contributed by atoms with Crippen molar-refractivity contribution in [3.8, 4) is 10.6 Å². The zero-order valence-electron chi connectivity index (χ0n) is 20.2. The SMILES string of the molecule is Cc1cc2sc(N3C(=O)C(O)=C(C(=O)c4sc(-c5ccccc5)nc4C)C3c3ccccn3)nc2cc1Cl. The number of hydrogen-bond donors (Lipinski definition) is 1. The van der Waals surface area contributed by atoms with E-state index < -0.39 is 23.5 Å². The number of carbonyl (C=O) groups excluding carboxylic acids is 2. The number of pyridine rings is 1. The summed E-state index contributed by atoms with van der Waals surface area (Å²) in [5.74, 6) is -1.80. The van der Waals surface area contributed by atoms with Crippen LogP contribution in [0, 0.1) is 13.8 Å². The molecule has 1 aliphatic rings. The lowest BCUT2D eigenvalue weighted by atomic mass is 9.98. The Morgan fingerprint density at radius 2 is 1.79 bits per heavy atom. The highest BCUT2D eigenvalue weighted by atomic mass is 35.5. The smallest absolute Gasteiger partial charge is 0.296 e. The van der Waals surface area contributed by atoms with Crippen molar-refractivity contribution in [1.29, 1.82) is 0 Å². The molecule has 3 aromatic heterocycles. The third-order valence-corrected chi connectivity index (χ3v) is 8.94. The maximum absolute atomic E-state index is 14.0. The van der Waals surface area contributed by atoms with Gasteiger partial charge in [0, 0.05) is 16.8 Å². The number of Topliss-reactive ketones (excluding diaryl/α,β-unsaturated/α-hetero) is 1. The number of rotatable bonds is 5. The second-order valence-electron chi connectivity index (χ2n) is 8.79. The largest absolute Gasteiger partial charge is 0.503 e. The monoisotopic (exact) mass is 558 g/mol. The molecule has 0 aliphatic carbocycles. The van der Waals surface area contributed by atoms with Gasteiger partial charge < -0.3 is 5.11 Å². The Bertz CT molecular complexity index is 1720. The summed E-state index contributed by atoms with van der Waals surface area (Å²) in [6.45, 7) is 3.64. The molecule has 38 heavy (non-hydrogen) atoms. The molecule has 10 heteroatoms. The standard InChI is InChI=1S/C28H19ClN4O3S2/c1-14-12-20-19(13-17(14)29)32-28(37-20)33-22(18-10-6-7-11-30-18)21(24(35)27(33)36)23(34)25-15(2)31-26(38-25)16-8-4-3-5-9-16/h3-13,22,35H,1-2H3. The first kappa shape index (κ1) is 24.4. The number of fused-ring (bicyclic) bond motifs is 1. The number of aryl methyl sites for hydroxylation is 2. The average Bonchev–Trinajstić information content (AvgIpc) is 3.59. The number of halogens is 1. The van der Waals surface area contributed by atoms with Gasteiger partial charge in [0.25, 0.3) is 5.91 Å². The molecule has 0 saturated heterocycles. The summed E-state index contributed by atoms with van der Waals surface area (Å²) in [5.41, 5.74) is 3.30. The fourth-order valence-electron chi connectivity index (χ4n) is 4.43. The van der Waals surface area contributed by atoms with Crippen LogP contribution >= 0.6 is 34.3 Å². The Labute approximate surface area is 230 Å². The molecule has 0 saturated carbocycles. The van der Waals surface area contributed by atoms with Gasteiger partial charge in [0.1, 0.15) is 11.0 Å². The van der Waals surface area contributed by atoms with Crippen LogP contribution in [0.2, 0.25) is 5.02 Å². The molecule has 1 atom stereocenters. The molecular formula is C28H19ClN4O3S2. The summed E-state index contributed by atoms with van der Waals surface area (Å²) >= 11 is 8.82. The molecule has 4 heterocycles. The fraction of sp³-hybridized carbons (Fsp3) is 0.107. The minimum Gasteiger partial charge on any atom is -0.503 e. The molecule has 188 valence electrons. The Morgan fingerprint density at radius 3 is 2.53 bits per heavy atom. The summed E-state index contributed by atoms with van der Waals surface area (Å²) in [5, 5.41) is 12.7. The van der Waals surface area contributed by atoms with Crippen LogP contribution in [0.5, 0.6) is 0 Å². The summed E-state index contributed by atoms with van der Waals surface area (Å²) < 4.78 is 0.833. The molecule has 1 unspecified atom stereocenters. The second kappa shape index (κ2) is 9.43. The molecule has 0 radical (unpaired) electrons. The van der Waals surface area contributed by atoms with Crippen molar-refractivity contribution >= 4 is 61.3 Å². The third-order valence-electron chi connectivity index (χ3n) is 6.31. The van der Waals surface area contributed by atoms with Gasteiger partial charge in [-0.1, -0.05) is 59.3 Å². The highest BCUT2D eigenvalue weighted by Crippen LogP contribution is 2.45. The van der Waals surface area contributed by atoms with Crippen molar-refractivity contribution in [2.75, 3.05) is 4.90 Å². The highest BCUT2D eigenvalue weighted by molar-refractivity contribution is 7.22. The second-order valence-corrected chi connectivity index (χ2v) is 11.2. The first-order valence-corrected chi connectivity index (χ1v) is 13.7. The van der Waals surface area contributed by atoms with Crippen LogP contribution in [-0.4, -0.2) is 31.7 Å². The van der Waals surface area contributed by atoms with E-state index in [9.17, 15) is 14.7 Å². The molecule has 7 nitrogen and oxygen atoms in total. The van der Waals surface area contributed by atoms with Gasteiger partial charge >= 0.3 is 0 Å². The highest BCUT2D eigenvalue weighted by Gasteiger charge is 2.47. The van der Waals surface area contributed by atoms with Gasteiger partial charge in [0.2, 0.25) is 5.78 Å². The van der Waals surface area contributed by atoms with Crippen molar-refractivity contribution < 1.29 is 14.7 Å². The van der Waals surface area contributed by atoms with Crippen LogP contribution < -0.4 is 4.90 Å². The van der Waals surface area contributed by atoms with E-state index in [0.29, 0.717) is 36.9 Å². The molecule has 1 aliphatic heterocycles. The zero-order valence-corrected chi connectivity index (χ0v) is 22.6. The van der Waals surface area contributed by atoms with Crippen LogP contribution in [-0.2, 0) is 4.79 Å². The lowest BCUT2D eigenvalue weighted by Gasteiger charge is -2.23. The van der Waals surface area contributed by atoms with E-state index in [1.165, 1.54) is 27.6 Å². The number of nitrogens with zero attached hydrogens (tertiary/aromatic N) is 4. The Hall–Kier alpha value is -3.92. The van der Waals surface area contributed by atoms with Crippen LogP contribution in [0.3, 0.4) is 0 Å². The van der Waals surface area contributed by atoms with Gasteiger partial charge in [-0.25, -0.2) is 9.97 Å². The van der Waals surface area contributed by atoms with E-state index in [-0.39, 0.29) is 5.57 Å². The van der Waals surface area contributed by atoms with Crippen molar-refractivity contribution in [2.45, 2.75) is 19.9 Å². The zero-order chi connectivity index (χ0) is 26.6. The minimum atomic E-state index is -0.963. The average molecular weight is 559 g/mol.